The first kappa shape index (κ1) is 21.9. The van der Waals surface area contributed by atoms with Crippen LogP contribution in [-0.4, -0.2) is 50.9 Å². The number of rotatable bonds is 5. The first-order valence-corrected chi connectivity index (χ1v) is 11.4. The lowest BCUT2D eigenvalue weighted by molar-refractivity contribution is -0.0823. The van der Waals surface area contributed by atoms with Crippen LogP contribution in [0.25, 0.3) is 0 Å². The second-order valence-electron chi connectivity index (χ2n) is 9.52. The van der Waals surface area contributed by atoms with Crippen LogP contribution < -0.4 is 15.5 Å². The van der Waals surface area contributed by atoms with E-state index in [4.69, 9.17) is 9.73 Å². The molecule has 1 aromatic carbocycles. The molecule has 2 heterocycles. The molecule has 1 aromatic rings. The molecule has 0 bridgehead atoms. The summed E-state index contributed by atoms with van der Waals surface area (Å²) in [5.41, 5.74) is 1.49. The van der Waals surface area contributed by atoms with Gasteiger partial charge in [0.2, 0.25) is 0 Å². The van der Waals surface area contributed by atoms with Gasteiger partial charge in [-0.1, -0.05) is 39.0 Å². The smallest absolute Gasteiger partial charge is 0.191 e. The molecule has 0 saturated carbocycles. The first-order chi connectivity index (χ1) is 14.0. The first-order valence-electron chi connectivity index (χ1n) is 11.4. The summed E-state index contributed by atoms with van der Waals surface area (Å²) in [6.07, 6.45) is 4.92. The van der Waals surface area contributed by atoms with Gasteiger partial charge in [0.15, 0.2) is 5.96 Å². The SMILES string of the molecule is CCNC(=NCC1CCCOC1C(C)(C)C)NC1CCN(c2ccccc2)CC1. The Hall–Kier alpha value is -1.75. The van der Waals surface area contributed by atoms with Crippen molar-refractivity contribution in [2.45, 2.75) is 65.5 Å². The lowest BCUT2D eigenvalue weighted by atomic mass is 9.78. The minimum atomic E-state index is 0.163. The van der Waals surface area contributed by atoms with E-state index in [0.29, 0.717) is 12.0 Å². The Kier molecular flexibility index (Phi) is 7.82. The van der Waals surface area contributed by atoms with Crippen molar-refractivity contribution in [2.24, 2.45) is 16.3 Å². The third kappa shape index (κ3) is 6.36. The third-order valence-electron chi connectivity index (χ3n) is 6.08. The van der Waals surface area contributed by atoms with Crippen LogP contribution in [-0.2, 0) is 4.74 Å². The fourth-order valence-corrected chi connectivity index (χ4v) is 4.63. The van der Waals surface area contributed by atoms with E-state index < -0.39 is 0 Å². The summed E-state index contributed by atoms with van der Waals surface area (Å²) in [6, 6.07) is 11.2. The molecule has 162 valence electrons. The molecule has 5 nitrogen and oxygen atoms in total. The van der Waals surface area contributed by atoms with Gasteiger partial charge in [0.25, 0.3) is 0 Å². The van der Waals surface area contributed by atoms with Crippen LogP contribution in [0.2, 0.25) is 0 Å². The number of ether oxygens (including phenoxy) is 1. The number of piperidine rings is 1. The van der Waals surface area contributed by atoms with E-state index >= 15 is 0 Å². The second-order valence-corrected chi connectivity index (χ2v) is 9.52. The number of hydrogen-bond acceptors (Lipinski definition) is 3. The van der Waals surface area contributed by atoms with E-state index in [1.54, 1.807) is 0 Å². The minimum absolute atomic E-state index is 0.163. The zero-order chi connectivity index (χ0) is 20.7. The summed E-state index contributed by atoms with van der Waals surface area (Å²) in [5, 5.41) is 7.14. The fourth-order valence-electron chi connectivity index (χ4n) is 4.63. The van der Waals surface area contributed by atoms with Gasteiger partial charge in [0, 0.05) is 50.4 Å². The number of anilines is 1. The van der Waals surface area contributed by atoms with Crippen molar-refractivity contribution in [3.05, 3.63) is 30.3 Å². The Morgan fingerprint density at radius 3 is 2.52 bits per heavy atom. The van der Waals surface area contributed by atoms with Crippen LogP contribution in [0.1, 0.15) is 53.4 Å². The zero-order valence-corrected chi connectivity index (χ0v) is 18.8. The molecule has 2 aliphatic rings. The van der Waals surface area contributed by atoms with Crippen LogP contribution in [0.15, 0.2) is 35.3 Å². The van der Waals surface area contributed by atoms with Gasteiger partial charge in [0.05, 0.1) is 6.10 Å². The van der Waals surface area contributed by atoms with Gasteiger partial charge >= 0.3 is 0 Å². The van der Waals surface area contributed by atoms with Gasteiger partial charge < -0.3 is 20.3 Å². The maximum absolute atomic E-state index is 6.14. The molecule has 2 atom stereocenters. The topological polar surface area (TPSA) is 48.9 Å². The van der Waals surface area contributed by atoms with Gasteiger partial charge in [-0.2, -0.15) is 0 Å². The third-order valence-corrected chi connectivity index (χ3v) is 6.08. The number of aliphatic imine (C=N–C) groups is 1. The second kappa shape index (κ2) is 10.3. The molecule has 2 N–H and O–H groups in total. The fraction of sp³-hybridized carbons (Fsp3) is 0.708. The average molecular weight is 401 g/mol. The molecule has 0 aliphatic carbocycles. The van der Waals surface area contributed by atoms with E-state index in [9.17, 15) is 0 Å². The van der Waals surface area contributed by atoms with Gasteiger partial charge in [-0.15, -0.1) is 0 Å². The van der Waals surface area contributed by atoms with Crippen LogP contribution in [0.3, 0.4) is 0 Å². The number of guanidine groups is 1. The highest BCUT2D eigenvalue weighted by Gasteiger charge is 2.35. The molecule has 0 amide bonds. The van der Waals surface area contributed by atoms with E-state index in [0.717, 1.165) is 58.0 Å². The Balaban J connectivity index is 1.54. The highest BCUT2D eigenvalue weighted by atomic mass is 16.5. The van der Waals surface area contributed by atoms with E-state index in [-0.39, 0.29) is 11.5 Å². The molecule has 2 aliphatic heterocycles. The lowest BCUT2D eigenvalue weighted by Gasteiger charge is -2.39. The molecule has 2 unspecified atom stereocenters. The monoisotopic (exact) mass is 400 g/mol. The molecule has 0 aromatic heterocycles. The highest BCUT2D eigenvalue weighted by Crippen LogP contribution is 2.34. The summed E-state index contributed by atoms with van der Waals surface area (Å²) in [4.78, 5) is 7.45. The van der Waals surface area contributed by atoms with Crippen LogP contribution in [0.4, 0.5) is 5.69 Å². The van der Waals surface area contributed by atoms with Crippen LogP contribution >= 0.6 is 0 Å². The summed E-state index contributed by atoms with van der Waals surface area (Å²) in [7, 11) is 0. The van der Waals surface area contributed by atoms with Crippen molar-refractivity contribution in [2.75, 3.05) is 37.7 Å². The van der Waals surface area contributed by atoms with Crippen molar-refractivity contribution in [3.63, 3.8) is 0 Å². The van der Waals surface area contributed by atoms with Crippen molar-refractivity contribution < 1.29 is 4.74 Å². The van der Waals surface area contributed by atoms with Crippen LogP contribution in [0, 0.1) is 11.3 Å². The Morgan fingerprint density at radius 1 is 1.14 bits per heavy atom. The predicted octanol–water partition coefficient (Wildman–Crippen LogP) is 4.05. The summed E-state index contributed by atoms with van der Waals surface area (Å²) in [5.74, 6) is 1.46. The maximum Gasteiger partial charge on any atom is 0.191 e. The molecule has 2 fully saturated rings. The molecule has 3 rings (SSSR count). The zero-order valence-electron chi connectivity index (χ0n) is 18.8. The number of nitrogens with one attached hydrogen (secondary N) is 2. The molecule has 0 radical (unpaired) electrons. The standard InChI is InChI=1S/C24H40N4O/c1-5-25-23(26-18-19-10-9-17-29-22(19)24(2,3)4)27-20-13-15-28(16-14-20)21-11-7-6-8-12-21/h6-8,11-12,19-20,22H,5,9-10,13-18H2,1-4H3,(H2,25,26,27). The molecule has 5 heteroatoms. The molecule has 2 saturated heterocycles. The average Bonchev–Trinajstić information content (AvgIpc) is 2.73. The highest BCUT2D eigenvalue weighted by molar-refractivity contribution is 5.80. The normalized spacial score (nSPS) is 24.4. The number of hydrogen-bond donors (Lipinski definition) is 2. The van der Waals surface area contributed by atoms with E-state index in [2.05, 4.69) is 73.6 Å². The number of nitrogens with zero attached hydrogens (tertiary/aromatic N) is 2. The molecular weight excluding hydrogens is 360 g/mol. The predicted molar refractivity (Wildman–Crippen MR) is 123 cm³/mol. The largest absolute Gasteiger partial charge is 0.377 e. The Labute approximate surface area is 177 Å². The maximum atomic E-state index is 6.14. The van der Waals surface area contributed by atoms with Crippen molar-refractivity contribution in [1.82, 2.24) is 10.6 Å². The van der Waals surface area contributed by atoms with E-state index in [1.165, 1.54) is 12.1 Å². The minimum Gasteiger partial charge on any atom is -0.377 e. The van der Waals surface area contributed by atoms with Crippen molar-refractivity contribution >= 4 is 11.6 Å². The Morgan fingerprint density at radius 2 is 1.86 bits per heavy atom. The van der Waals surface area contributed by atoms with E-state index in [1.807, 2.05) is 0 Å². The number of para-hydroxylation sites is 1. The van der Waals surface area contributed by atoms with Crippen molar-refractivity contribution in [1.29, 1.82) is 0 Å². The molecular formula is C24H40N4O. The quantitative estimate of drug-likeness (QED) is 0.578. The van der Waals surface area contributed by atoms with Gasteiger partial charge in [-0.05, 0) is 50.2 Å². The number of benzene rings is 1. The van der Waals surface area contributed by atoms with Gasteiger partial charge in [0.1, 0.15) is 0 Å². The van der Waals surface area contributed by atoms with Gasteiger partial charge in [-0.3, -0.25) is 4.99 Å². The Bertz CT molecular complexity index is 632. The molecule has 29 heavy (non-hydrogen) atoms. The lowest BCUT2D eigenvalue weighted by Crippen LogP contribution is -2.49. The molecule has 0 spiro atoms. The summed E-state index contributed by atoms with van der Waals surface area (Å²) < 4.78 is 6.14. The van der Waals surface area contributed by atoms with Gasteiger partial charge in [-0.25, -0.2) is 0 Å². The summed E-state index contributed by atoms with van der Waals surface area (Å²) >= 11 is 0. The van der Waals surface area contributed by atoms with Crippen molar-refractivity contribution in [3.8, 4) is 0 Å². The summed E-state index contributed by atoms with van der Waals surface area (Å²) in [6.45, 7) is 13.8. The van der Waals surface area contributed by atoms with Crippen LogP contribution in [0.5, 0.6) is 0 Å².